The number of nitrogens with two attached hydrogens (primary N) is 1. The van der Waals surface area contributed by atoms with Gasteiger partial charge in [0.1, 0.15) is 5.75 Å². The van der Waals surface area contributed by atoms with Crippen molar-refractivity contribution in [2.45, 2.75) is 12.0 Å². The predicted molar refractivity (Wildman–Crippen MR) is 93.3 cm³/mol. The van der Waals surface area contributed by atoms with E-state index in [4.69, 9.17) is 15.0 Å². The smallest absolute Gasteiger partial charge is 0.228 e. The molecule has 0 aliphatic carbocycles. The van der Waals surface area contributed by atoms with Crippen LogP contribution >= 0.6 is 0 Å². The van der Waals surface area contributed by atoms with E-state index in [1.54, 1.807) is 18.3 Å². The third-order valence-electron chi connectivity index (χ3n) is 3.95. The van der Waals surface area contributed by atoms with E-state index in [1.165, 1.54) is 0 Å². The Hall–Kier alpha value is -2.78. The van der Waals surface area contributed by atoms with Crippen LogP contribution in [0.5, 0.6) is 11.6 Å². The van der Waals surface area contributed by atoms with Crippen LogP contribution < -0.4 is 10.5 Å². The van der Waals surface area contributed by atoms with Gasteiger partial charge < -0.3 is 15.0 Å². The molecule has 3 heterocycles. The number of benzene rings is 1. The lowest BCUT2D eigenvalue weighted by Crippen LogP contribution is -2.62. The molecule has 0 spiro atoms. The molecule has 0 radical (unpaired) electrons. The van der Waals surface area contributed by atoms with E-state index in [2.05, 4.69) is 15.1 Å². The molecule has 1 fully saturated rings. The predicted octanol–water partition coefficient (Wildman–Crippen LogP) is 1.59. The second kappa shape index (κ2) is 6.19. The first kappa shape index (κ1) is 16.7. The van der Waals surface area contributed by atoms with Gasteiger partial charge in [0.15, 0.2) is 9.84 Å². The van der Waals surface area contributed by atoms with Crippen molar-refractivity contribution in [1.29, 1.82) is 0 Å². The number of para-hydroxylation sites is 1. The van der Waals surface area contributed by atoms with Crippen molar-refractivity contribution in [1.82, 2.24) is 15.1 Å². The summed E-state index contributed by atoms with van der Waals surface area (Å²) >= 11 is 0. The third-order valence-corrected chi connectivity index (χ3v) is 5.98. The number of pyridine rings is 1. The summed E-state index contributed by atoms with van der Waals surface area (Å²) in [5, 5.41) is 3.91. The van der Waals surface area contributed by atoms with Crippen LogP contribution in [0.15, 0.2) is 53.2 Å². The lowest BCUT2D eigenvalue weighted by molar-refractivity contribution is 0.340. The summed E-state index contributed by atoms with van der Waals surface area (Å²) < 4.78 is 33.5. The summed E-state index contributed by atoms with van der Waals surface area (Å²) in [6.07, 6.45) is 1.81. The molecule has 0 bridgehead atoms. The van der Waals surface area contributed by atoms with Gasteiger partial charge in [0.05, 0.1) is 17.0 Å². The maximum atomic E-state index is 11.3. The minimum Gasteiger partial charge on any atom is -0.439 e. The highest BCUT2D eigenvalue weighted by Crippen LogP contribution is 2.26. The normalized spacial score (nSPS) is 17.4. The third kappa shape index (κ3) is 3.58. The van der Waals surface area contributed by atoms with Gasteiger partial charge in [-0.05, 0) is 18.2 Å². The summed E-state index contributed by atoms with van der Waals surface area (Å²) in [6.45, 7) is 0. The number of aromatic nitrogens is 3. The monoisotopic (exact) mass is 372 g/mol. The molecule has 4 rings (SSSR count). The Morgan fingerprint density at radius 1 is 1.15 bits per heavy atom. The van der Waals surface area contributed by atoms with Gasteiger partial charge in [0.25, 0.3) is 0 Å². The molecule has 0 atom stereocenters. The van der Waals surface area contributed by atoms with Gasteiger partial charge in [0, 0.05) is 24.2 Å². The highest BCUT2D eigenvalue weighted by atomic mass is 32.2. The van der Waals surface area contributed by atoms with Gasteiger partial charge in [-0.2, -0.15) is 4.98 Å². The molecule has 1 saturated heterocycles. The highest BCUT2D eigenvalue weighted by molar-refractivity contribution is 7.93. The average Bonchev–Trinajstić information content (AvgIpc) is 3.02. The van der Waals surface area contributed by atoms with Gasteiger partial charge in [-0.15, -0.1) is 0 Å². The molecule has 2 N–H and O–H groups in total. The number of ether oxygens (including phenoxy) is 1. The maximum absolute atomic E-state index is 11.3. The Balaban J connectivity index is 1.44. The van der Waals surface area contributed by atoms with E-state index in [1.807, 2.05) is 30.3 Å². The van der Waals surface area contributed by atoms with E-state index in [0.29, 0.717) is 28.9 Å². The van der Waals surface area contributed by atoms with E-state index >= 15 is 0 Å². The number of hydrogen-bond acceptors (Lipinski definition) is 8. The first-order chi connectivity index (χ1) is 12.4. The van der Waals surface area contributed by atoms with E-state index in [0.717, 1.165) is 0 Å². The van der Waals surface area contributed by atoms with Crippen molar-refractivity contribution in [3.05, 3.63) is 54.6 Å². The summed E-state index contributed by atoms with van der Waals surface area (Å²) in [4.78, 5) is 8.51. The van der Waals surface area contributed by atoms with Crippen LogP contribution in [0, 0.1) is 0 Å². The molecule has 1 aliphatic heterocycles. The first-order valence-corrected chi connectivity index (χ1v) is 9.74. The summed E-state index contributed by atoms with van der Waals surface area (Å²) in [7, 11) is -3.02. The minimum absolute atomic E-state index is 0.0647. The molecule has 0 unspecified atom stereocenters. The van der Waals surface area contributed by atoms with E-state index < -0.39 is 15.4 Å². The van der Waals surface area contributed by atoms with Crippen LogP contribution in [0.2, 0.25) is 0 Å². The molecule has 26 heavy (non-hydrogen) atoms. The quantitative estimate of drug-likeness (QED) is 0.717. The van der Waals surface area contributed by atoms with Gasteiger partial charge in [-0.1, -0.05) is 23.4 Å². The molecule has 134 valence electrons. The lowest BCUT2D eigenvalue weighted by Gasteiger charge is -2.36. The Labute approximate surface area is 149 Å². The van der Waals surface area contributed by atoms with Gasteiger partial charge >= 0.3 is 0 Å². The van der Waals surface area contributed by atoms with Gasteiger partial charge in [-0.25, -0.2) is 13.4 Å². The van der Waals surface area contributed by atoms with E-state index in [-0.39, 0.29) is 17.9 Å². The summed E-state index contributed by atoms with van der Waals surface area (Å²) in [5.41, 5.74) is 5.85. The fourth-order valence-corrected chi connectivity index (χ4v) is 4.73. The second-order valence-electron chi connectivity index (χ2n) is 6.38. The Kier molecular flexibility index (Phi) is 3.97. The minimum atomic E-state index is -3.02. The van der Waals surface area contributed by atoms with Crippen molar-refractivity contribution in [3.8, 4) is 23.0 Å². The molecule has 9 heteroatoms. The summed E-state index contributed by atoms with van der Waals surface area (Å²) in [6, 6.07) is 12.8. The van der Waals surface area contributed by atoms with Crippen LogP contribution in [0.25, 0.3) is 11.4 Å². The molecule has 2 aromatic heterocycles. The van der Waals surface area contributed by atoms with Crippen molar-refractivity contribution in [2.24, 2.45) is 5.73 Å². The largest absolute Gasteiger partial charge is 0.439 e. The highest BCUT2D eigenvalue weighted by Gasteiger charge is 2.46. The summed E-state index contributed by atoms with van der Waals surface area (Å²) in [5.74, 6) is 1.68. The van der Waals surface area contributed by atoms with Crippen LogP contribution in [-0.4, -0.2) is 40.6 Å². The molecule has 1 aromatic carbocycles. The topological polar surface area (TPSA) is 121 Å². The molecule has 0 saturated carbocycles. The fourth-order valence-electron chi connectivity index (χ4n) is 2.86. The van der Waals surface area contributed by atoms with Crippen molar-refractivity contribution in [3.63, 3.8) is 0 Å². The zero-order valence-electron chi connectivity index (χ0n) is 13.7. The molecule has 8 nitrogen and oxygen atoms in total. The second-order valence-corrected chi connectivity index (χ2v) is 8.45. The zero-order chi connectivity index (χ0) is 18.2. The maximum Gasteiger partial charge on any atom is 0.228 e. The Morgan fingerprint density at radius 2 is 1.92 bits per heavy atom. The first-order valence-electron chi connectivity index (χ1n) is 7.92. The Morgan fingerprint density at radius 3 is 2.58 bits per heavy atom. The molecule has 0 amide bonds. The molecule has 3 aromatic rings. The van der Waals surface area contributed by atoms with Gasteiger partial charge in [0.2, 0.25) is 17.6 Å². The number of rotatable bonds is 5. The van der Waals surface area contributed by atoms with Crippen molar-refractivity contribution in [2.75, 3.05) is 11.5 Å². The zero-order valence-corrected chi connectivity index (χ0v) is 14.5. The standard InChI is InChI=1S/C17H16N4O4S/c18-17(10-26(22,23)11-17)8-15-20-16(21-25-15)12-6-7-14(19-9-12)24-13-4-2-1-3-5-13/h1-7,9H,8,10-11,18H2. The van der Waals surface area contributed by atoms with Crippen LogP contribution in [-0.2, 0) is 16.3 Å². The van der Waals surface area contributed by atoms with Crippen LogP contribution in [0.1, 0.15) is 5.89 Å². The molecule has 1 aliphatic rings. The van der Waals surface area contributed by atoms with Crippen molar-refractivity contribution >= 4 is 9.84 Å². The van der Waals surface area contributed by atoms with Crippen LogP contribution in [0.3, 0.4) is 0 Å². The van der Waals surface area contributed by atoms with Crippen LogP contribution in [0.4, 0.5) is 0 Å². The number of nitrogens with zero attached hydrogens (tertiary/aromatic N) is 3. The molecular formula is C17H16N4O4S. The fraction of sp³-hybridized carbons (Fsp3) is 0.235. The lowest BCUT2D eigenvalue weighted by atomic mass is 10.0. The number of sulfone groups is 1. The van der Waals surface area contributed by atoms with E-state index in [9.17, 15) is 8.42 Å². The average molecular weight is 372 g/mol. The number of hydrogen-bond donors (Lipinski definition) is 1. The van der Waals surface area contributed by atoms with Gasteiger partial charge in [-0.3, -0.25) is 0 Å². The molecular weight excluding hydrogens is 356 g/mol. The van der Waals surface area contributed by atoms with Crippen molar-refractivity contribution < 1.29 is 17.7 Å². The Bertz CT molecular complexity index is 1000. The SMILES string of the molecule is NC1(Cc2nc(-c3ccc(Oc4ccccc4)nc3)no2)CS(=O)(=O)C1.